The van der Waals surface area contributed by atoms with Crippen molar-refractivity contribution in [2.24, 2.45) is 0 Å². The first-order valence-corrected chi connectivity index (χ1v) is 4.81. The Morgan fingerprint density at radius 1 is 1.69 bits per heavy atom. The quantitative estimate of drug-likeness (QED) is 0.616. The second-order valence-electron chi connectivity index (χ2n) is 3.18. The minimum absolute atomic E-state index is 0.0726. The summed E-state index contributed by atoms with van der Waals surface area (Å²) >= 11 is 0. The third-order valence-electron chi connectivity index (χ3n) is 2.36. The van der Waals surface area contributed by atoms with Crippen LogP contribution in [0.2, 0.25) is 0 Å². The van der Waals surface area contributed by atoms with Crippen molar-refractivity contribution in [3.63, 3.8) is 0 Å². The second kappa shape index (κ2) is 5.19. The molecule has 1 N–H and O–H groups in total. The first-order chi connectivity index (χ1) is 6.29. The van der Waals surface area contributed by atoms with Crippen molar-refractivity contribution in [3.05, 3.63) is 0 Å². The van der Waals surface area contributed by atoms with E-state index in [1.165, 1.54) is 0 Å². The smallest absolute Gasteiger partial charge is 0.323 e. The molecule has 1 rings (SSSR count). The van der Waals surface area contributed by atoms with Gasteiger partial charge in [-0.05, 0) is 13.0 Å². The van der Waals surface area contributed by atoms with Crippen molar-refractivity contribution in [2.75, 3.05) is 26.3 Å². The van der Waals surface area contributed by atoms with Crippen LogP contribution in [-0.4, -0.2) is 48.3 Å². The molecule has 0 bridgehead atoms. The highest BCUT2D eigenvalue weighted by molar-refractivity contribution is 5.77. The third kappa shape index (κ3) is 2.67. The third-order valence-corrected chi connectivity index (χ3v) is 2.36. The van der Waals surface area contributed by atoms with Gasteiger partial charge in [0.2, 0.25) is 0 Å². The highest BCUT2D eigenvalue weighted by atomic mass is 16.5. The van der Waals surface area contributed by atoms with Crippen LogP contribution >= 0.6 is 0 Å². The molecular formula is C9H17NO3. The zero-order valence-corrected chi connectivity index (χ0v) is 8.03. The van der Waals surface area contributed by atoms with Gasteiger partial charge in [0.05, 0.1) is 6.61 Å². The van der Waals surface area contributed by atoms with Crippen LogP contribution in [0, 0.1) is 0 Å². The number of esters is 1. The highest BCUT2D eigenvalue weighted by Crippen LogP contribution is 2.13. The van der Waals surface area contributed by atoms with E-state index in [9.17, 15) is 4.79 Å². The normalized spacial score (nSPS) is 22.4. The van der Waals surface area contributed by atoms with Gasteiger partial charge in [-0.1, -0.05) is 6.92 Å². The number of aliphatic hydroxyl groups is 1. The van der Waals surface area contributed by atoms with Crippen molar-refractivity contribution < 1.29 is 14.6 Å². The largest absolute Gasteiger partial charge is 0.464 e. The standard InChI is InChI=1S/C9H17NO3/c1-2-10(5-3-6-11)8-4-7-13-9(8)12/h8,11H,2-7H2,1H3. The van der Waals surface area contributed by atoms with E-state index in [4.69, 9.17) is 9.84 Å². The molecule has 0 spiro atoms. The van der Waals surface area contributed by atoms with Gasteiger partial charge in [-0.3, -0.25) is 9.69 Å². The molecular weight excluding hydrogens is 170 g/mol. The molecule has 76 valence electrons. The van der Waals surface area contributed by atoms with Crippen LogP contribution < -0.4 is 0 Å². The van der Waals surface area contributed by atoms with Gasteiger partial charge in [-0.25, -0.2) is 0 Å². The van der Waals surface area contributed by atoms with E-state index in [1.807, 2.05) is 6.92 Å². The molecule has 4 nitrogen and oxygen atoms in total. The van der Waals surface area contributed by atoms with E-state index in [2.05, 4.69) is 4.90 Å². The monoisotopic (exact) mass is 187 g/mol. The molecule has 0 radical (unpaired) electrons. The molecule has 1 unspecified atom stereocenters. The Hall–Kier alpha value is -0.610. The summed E-state index contributed by atoms with van der Waals surface area (Å²) in [6, 6.07) is -0.0726. The minimum Gasteiger partial charge on any atom is -0.464 e. The maximum Gasteiger partial charge on any atom is 0.323 e. The molecule has 4 heteroatoms. The van der Waals surface area contributed by atoms with Crippen LogP contribution in [-0.2, 0) is 9.53 Å². The molecule has 1 aliphatic rings. The van der Waals surface area contributed by atoms with Crippen LogP contribution in [0.25, 0.3) is 0 Å². The van der Waals surface area contributed by atoms with Gasteiger partial charge in [-0.2, -0.15) is 0 Å². The SMILES string of the molecule is CCN(CCCO)C1CCOC1=O. The number of likely N-dealkylation sites (N-methyl/N-ethyl adjacent to an activating group) is 1. The van der Waals surface area contributed by atoms with E-state index in [0.717, 1.165) is 25.9 Å². The average molecular weight is 187 g/mol. The first kappa shape index (κ1) is 10.5. The van der Waals surface area contributed by atoms with E-state index in [1.54, 1.807) is 0 Å². The van der Waals surface area contributed by atoms with Crippen LogP contribution in [0.5, 0.6) is 0 Å². The molecule has 0 amide bonds. The van der Waals surface area contributed by atoms with Crippen LogP contribution in [0.3, 0.4) is 0 Å². The van der Waals surface area contributed by atoms with Gasteiger partial charge in [0.25, 0.3) is 0 Å². The zero-order chi connectivity index (χ0) is 9.68. The lowest BCUT2D eigenvalue weighted by Gasteiger charge is -2.23. The summed E-state index contributed by atoms with van der Waals surface area (Å²) in [5, 5.41) is 8.68. The molecule has 1 fully saturated rings. The second-order valence-corrected chi connectivity index (χ2v) is 3.18. The summed E-state index contributed by atoms with van der Waals surface area (Å²) in [4.78, 5) is 13.3. The van der Waals surface area contributed by atoms with E-state index in [-0.39, 0.29) is 18.6 Å². The molecule has 1 aliphatic heterocycles. The van der Waals surface area contributed by atoms with Gasteiger partial charge < -0.3 is 9.84 Å². The zero-order valence-electron chi connectivity index (χ0n) is 8.03. The number of cyclic esters (lactones) is 1. The molecule has 13 heavy (non-hydrogen) atoms. The number of carbonyl (C=O) groups is 1. The molecule has 1 heterocycles. The fourth-order valence-corrected chi connectivity index (χ4v) is 1.62. The van der Waals surface area contributed by atoms with Crippen LogP contribution in [0.1, 0.15) is 19.8 Å². The topological polar surface area (TPSA) is 49.8 Å². The van der Waals surface area contributed by atoms with Crippen molar-refractivity contribution >= 4 is 5.97 Å². The maximum atomic E-state index is 11.2. The van der Waals surface area contributed by atoms with E-state index < -0.39 is 0 Å². The van der Waals surface area contributed by atoms with Crippen molar-refractivity contribution in [3.8, 4) is 0 Å². The van der Waals surface area contributed by atoms with Gasteiger partial charge in [0.15, 0.2) is 0 Å². The Morgan fingerprint density at radius 2 is 2.46 bits per heavy atom. The van der Waals surface area contributed by atoms with Gasteiger partial charge in [0, 0.05) is 19.6 Å². The lowest BCUT2D eigenvalue weighted by Crippen LogP contribution is -2.39. The van der Waals surface area contributed by atoms with Gasteiger partial charge in [0.1, 0.15) is 6.04 Å². The maximum absolute atomic E-state index is 11.2. The molecule has 0 aromatic rings. The molecule has 1 saturated heterocycles. The number of nitrogens with zero attached hydrogens (tertiary/aromatic N) is 1. The van der Waals surface area contributed by atoms with Gasteiger partial charge >= 0.3 is 5.97 Å². The number of hydrogen-bond donors (Lipinski definition) is 1. The Kier molecular flexibility index (Phi) is 4.18. The van der Waals surface area contributed by atoms with E-state index in [0.29, 0.717) is 6.61 Å². The van der Waals surface area contributed by atoms with Crippen molar-refractivity contribution in [2.45, 2.75) is 25.8 Å². The Labute approximate surface area is 78.5 Å². The highest BCUT2D eigenvalue weighted by Gasteiger charge is 2.30. The molecule has 0 aliphatic carbocycles. The molecule has 0 aromatic carbocycles. The summed E-state index contributed by atoms with van der Waals surface area (Å²) < 4.78 is 4.89. The fraction of sp³-hybridized carbons (Fsp3) is 0.889. The Bertz CT molecular complexity index is 172. The molecule has 1 atom stereocenters. The number of rotatable bonds is 5. The molecule has 0 aromatic heterocycles. The average Bonchev–Trinajstić information content (AvgIpc) is 2.54. The lowest BCUT2D eigenvalue weighted by atomic mass is 10.2. The van der Waals surface area contributed by atoms with Crippen LogP contribution in [0.15, 0.2) is 0 Å². The van der Waals surface area contributed by atoms with E-state index >= 15 is 0 Å². The lowest BCUT2D eigenvalue weighted by molar-refractivity contribution is -0.142. The number of hydrogen-bond acceptors (Lipinski definition) is 4. The molecule has 0 saturated carbocycles. The fourth-order valence-electron chi connectivity index (χ4n) is 1.62. The summed E-state index contributed by atoms with van der Waals surface area (Å²) in [5.41, 5.74) is 0. The summed E-state index contributed by atoms with van der Waals surface area (Å²) in [7, 11) is 0. The number of aliphatic hydroxyl groups excluding tert-OH is 1. The number of ether oxygens (including phenoxy) is 1. The summed E-state index contributed by atoms with van der Waals surface area (Å²) in [6.45, 7) is 4.34. The van der Waals surface area contributed by atoms with Crippen molar-refractivity contribution in [1.29, 1.82) is 0 Å². The van der Waals surface area contributed by atoms with Crippen LogP contribution in [0.4, 0.5) is 0 Å². The first-order valence-electron chi connectivity index (χ1n) is 4.81. The minimum atomic E-state index is -0.111. The summed E-state index contributed by atoms with van der Waals surface area (Å²) in [6.07, 6.45) is 1.51. The Balaban J connectivity index is 2.40. The number of carbonyl (C=O) groups excluding carboxylic acids is 1. The predicted molar refractivity (Wildman–Crippen MR) is 48.3 cm³/mol. The summed E-state index contributed by atoms with van der Waals surface area (Å²) in [5.74, 6) is -0.111. The Morgan fingerprint density at radius 3 is 2.92 bits per heavy atom. The predicted octanol–water partition coefficient (Wildman–Crippen LogP) is 0.00620. The van der Waals surface area contributed by atoms with Gasteiger partial charge in [-0.15, -0.1) is 0 Å². The van der Waals surface area contributed by atoms with Crippen molar-refractivity contribution in [1.82, 2.24) is 4.90 Å².